The molecule has 0 saturated carbocycles. The number of hydrogen-bond acceptors (Lipinski definition) is 10. The molecule has 158 valence electrons. The van der Waals surface area contributed by atoms with Gasteiger partial charge in [0.2, 0.25) is 5.88 Å². The molecule has 0 spiro atoms. The number of hydrogen-bond donors (Lipinski definition) is 1. The van der Waals surface area contributed by atoms with Crippen molar-refractivity contribution in [2.45, 2.75) is 45.3 Å². The third kappa shape index (κ3) is 6.56. The fourth-order valence-corrected chi connectivity index (χ4v) is 2.74. The molecule has 1 N–H and O–H groups in total. The smallest absolute Gasteiger partial charge is 0.474 e. The van der Waals surface area contributed by atoms with Gasteiger partial charge in [0.15, 0.2) is 0 Å². The molecule has 2 aromatic rings. The Hall–Kier alpha value is -3.45. The summed E-state index contributed by atoms with van der Waals surface area (Å²) >= 11 is 0. The second kappa shape index (κ2) is 9.37. The molecule has 0 unspecified atom stereocenters. The molecule has 0 aromatic carbocycles. The standard InChI is InChI=1S/C20H24N6O4/c1-20(2,3)29-19(27)30-26-8-6-16(7-9-26)28-18-10-17(23-13-24-18)25-15-5-4-14(11-21)22-12-15/h4-5,10,12-13,16H,6-9H2,1-3H3,(H,23,24,25). The normalized spacial score (nSPS) is 15.1. The van der Waals surface area contributed by atoms with Crippen LogP contribution in [0.15, 0.2) is 30.7 Å². The Bertz CT molecular complexity index is 899. The first-order valence-corrected chi connectivity index (χ1v) is 9.58. The Kier molecular flexibility index (Phi) is 6.64. The minimum Gasteiger partial charge on any atom is -0.474 e. The van der Waals surface area contributed by atoms with Crippen molar-refractivity contribution in [1.82, 2.24) is 20.0 Å². The molecule has 2 aromatic heterocycles. The van der Waals surface area contributed by atoms with Crippen molar-refractivity contribution in [1.29, 1.82) is 5.26 Å². The van der Waals surface area contributed by atoms with Crippen LogP contribution in [0.4, 0.5) is 16.3 Å². The summed E-state index contributed by atoms with van der Waals surface area (Å²) in [6.45, 7) is 6.44. The summed E-state index contributed by atoms with van der Waals surface area (Å²) in [5.74, 6) is 0.998. The quantitative estimate of drug-likeness (QED) is 0.732. The molecule has 10 nitrogen and oxygen atoms in total. The maximum absolute atomic E-state index is 11.8. The van der Waals surface area contributed by atoms with Crippen molar-refractivity contribution in [3.63, 3.8) is 0 Å². The number of nitrogens with zero attached hydrogens (tertiary/aromatic N) is 5. The van der Waals surface area contributed by atoms with Gasteiger partial charge in [-0.25, -0.2) is 19.7 Å². The predicted molar refractivity (Wildman–Crippen MR) is 107 cm³/mol. The zero-order chi connectivity index (χ0) is 21.6. The fraction of sp³-hybridized carbons (Fsp3) is 0.450. The number of nitrogens with one attached hydrogen (secondary N) is 1. The van der Waals surface area contributed by atoms with Crippen molar-refractivity contribution in [3.8, 4) is 11.9 Å². The lowest BCUT2D eigenvalue weighted by molar-refractivity contribution is -0.159. The third-order valence-corrected chi connectivity index (χ3v) is 4.07. The van der Waals surface area contributed by atoms with E-state index < -0.39 is 11.8 Å². The molecule has 1 aliphatic heterocycles. The van der Waals surface area contributed by atoms with Gasteiger partial charge in [-0.15, -0.1) is 5.06 Å². The molecule has 3 heterocycles. The van der Waals surface area contributed by atoms with Gasteiger partial charge in [-0.2, -0.15) is 5.26 Å². The first kappa shape index (κ1) is 21.3. The van der Waals surface area contributed by atoms with E-state index in [0.717, 1.165) is 0 Å². The topological polar surface area (TPSA) is 122 Å². The maximum Gasteiger partial charge on any atom is 0.528 e. The molecule has 10 heteroatoms. The number of carbonyl (C=O) groups excluding carboxylic acids is 1. The SMILES string of the molecule is CC(C)(C)OC(=O)ON1CCC(Oc2cc(Nc3ccc(C#N)nc3)ncn2)CC1. The summed E-state index contributed by atoms with van der Waals surface area (Å²) in [5, 5.41) is 13.5. The summed E-state index contributed by atoms with van der Waals surface area (Å²) in [7, 11) is 0. The molecule has 0 atom stereocenters. The highest BCUT2D eigenvalue weighted by Gasteiger charge is 2.26. The van der Waals surface area contributed by atoms with Crippen LogP contribution in [-0.2, 0) is 9.57 Å². The molecule has 0 bridgehead atoms. The van der Waals surface area contributed by atoms with Gasteiger partial charge in [0.25, 0.3) is 0 Å². The van der Waals surface area contributed by atoms with Gasteiger partial charge >= 0.3 is 6.16 Å². The van der Waals surface area contributed by atoms with E-state index in [1.54, 1.807) is 50.2 Å². The first-order valence-electron chi connectivity index (χ1n) is 9.58. The second-order valence-electron chi connectivity index (χ2n) is 7.71. The van der Waals surface area contributed by atoms with Crippen LogP contribution in [0.25, 0.3) is 0 Å². The van der Waals surface area contributed by atoms with Gasteiger partial charge in [0.05, 0.1) is 11.9 Å². The van der Waals surface area contributed by atoms with Gasteiger partial charge in [-0.3, -0.25) is 0 Å². The lowest BCUT2D eigenvalue weighted by Crippen LogP contribution is -2.40. The number of piperidine rings is 1. The Labute approximate surface area is 174 Å². The van der Waals surface area contributed by atoms with E-state index >= 15 is 0 Å². The zero-order valence-corrected chi connectivity index (χ0v) is 17.2. The highest BCUT2D eigenvalue weighted by atomic mass is 16.8. The number of ether oxygens (including phenoxy) is 2. The molecular weight excluding hydrogens is 388 g/mol. The van der Waals surface area contributed by atoms with Gasteiger partial charge in [0, 0.05) is 32.0 Å². The minimum absolute atomic E-state index is 0.0529. The number of rotatable bonds is 5. The molecule has 3 rings (SSSR count). The van der Waals surface area contributed by atoms with Gasteiger partial charge in [0.1, 0.15) is 35.6 Å². The van der Waals surface area contributed by atoms with Crippen LogP contribution < -0.4 is 10.1 Å². The van der Waals surface area contributed by atoms with Crippen molar-refractivity contribution in [3.05, 3.63) is 36.4 Å². The van der Waals surface area contributed by atoms with E-state index in [-0.39, 0.29) is 6.10 Å². The average Bonchev–Trinajstić information content (AvgIpc) is 2.69. The average molecular weight is 412 g/mol. The van der Waals surface area contributed by atoms with Gasteiger partial charge < -0.3 is 19.6 Å². The lowest BCUT2D eigenvalue weighted by Gasteiger charge is -2.30. The number of hydroxylamine groups is 2. The van der Waals surface area contributed by atoms with Gasteiger partial charge in [-0.1, -0.05) is 0 Å². The summed E-state index contributed by atoms with van der Waals surface area (Å²) in [6, 6.07) is 7.03. The van der Waals surface area contributed by atoms with E-state index in [1.165, 1.54) is 6.33 Å². The summed E-state index contributed by atoms with van der Waals surface area (Å²) in [6.07, 6.45) is 3.56. The Balaban J connectivity index is 1.48. The predicted octanol–water partition coefficient (Wildman–Crippen LogP) is 3.20. The van der Waals surface area contributed by atoms with E-state index in [1.807, 2.05) is 6.07 Å². The highest BCUT2D eigenvalue weighted by molar-refractivity contribution is 5.60. The van der Waals surface area contributed by atoms with Gasteiger partial charge in [-0.05, 0) is 32.9 Å². The molecule has 1 fully saturated rings. The minimum atomic E-state index is -0.703. The van der Waals surface area contributed by atoms with Crippen LogP contribution in [0.5, 0.6) is 5.88 Å². The fourth-order valence-electron chi connectivity index (χ4n) is 2.74. The zero-order valence-electron chi connectivity index (χ0n) is 17.2. The number of aromatic nitrogens is 3. The van der Waals surface area contributed by atoms with E-state index in [0.29, 0.717) is 49.0 Å². The van der Waals surface area contributed by atoms with Crippen molar-refractivity contribution >= 4 is 17.7 Å². The number of carbonyl (C=O) groups is 1. The largest absolute Gasteiger partial charge is 0.528 e. The molecule has 1 saturated heterocycles. The van der Waals surface area contributed by atoms with E-state index in [4.69, 9.17) is 19.6 Å². The van der Waals surface area contributed by atoms with Crippen LogP contribution in [0.3, 0.4) is 0 Å². The third-order valence-electron chi connectivity index (χ3n) is 4.07. The molecule has 1 aliphatic rings. The summed E-state index contributed by atoms with van der Waals surface area (Å²) in [5.41, 5.74) is 0.450. The van der Waals surface area contributed by atoms with Crippen LogP contribution in [0.2, 0.25) is 0 Å². The molecule has 0 amide bonds. The van der Waals surface area contributed by atoms with Crippen molar-refractivity contribution in [2.75, 3.05) is 18.4 Å². The molecular formula is C20H24N6O4. The first-order chi connectivity index (χ1) is 14.3. The van der Waals surface area contributed by atoms with Crippen molar-refractivity contribution < 1.29 is 19.1 Å². The number of anilines is 2. The molecule has 30 heavy (non-hydrogen) atoms. The van der Waals surface area contributed by atoms with Crippen LogP contribution in [0.1, 0.15) is 39.3 Å². The molecule has 0 aliphatic carbocycles. The Morgan fingerprint density at radius 2 is 2.00 bits per heavy atom. The monoisotopic (exact) mass is 412 g/mol. The number of nitriles is 1. The molecule has 0 radical (unpaired) electrons. The van der Waals surface area contributed by atoms with Crippen LogP contribution in [0, 0.1) is 11.3 Å². The van der Waals surface area contributed by atoms with Crippen molar-refractivity contribution in [2.24, 2.45) is 0 Å². The summed E-state index contributed by atoms with van der Waals surface area (Å²) in [4.78, 5) is 29.3. The lowest BCUT2D eigenvalue weighted by atomic mass is 10.1. The maximum atomic E-state index is 11.8. The highest BCUT2D eigenvalue weighted by Crippen LogP contribution is 2.21. The van der Waals surface area contributed by atoms with E-state index in [2.05, 4.69) is 20.3 Å². The summed E-state index contributed by atoms with van der Waals surface area (Å²) < 4.78 is 11.1. The number of pyridine rings is 1. The van der Waals surface area contributed by atoms with Crippen LogP contribution >= 0.6 is 0 Å². The Morgan fingerprint density at radius 1 is 1.23 bits per heavy atom. The van der Waals surface area contributed by atoms with Crippen LogP contribution in [-0.4, -0.2) is 51.0 Å². The Morgan fingerprint density at radius 3 is 2.63 bits per heavy atom. The van der Waals surface area contributed by atoms with E-state index in [9.17, 15) is 4.79 Å². The second-order valence-corrected chi connectivity index (χ2v) is 7.71.